The molecule has 0 rings (SSSR count). The van der Waals surface area contributed by atoms with Crippen LogP contribution in [0.1, 0.15) is 27.2 Å². The van der Waals surface area contributed by atoms with Crippen molar-refractivity contribution >= 4 is 17.9 Å². The summed E-state index contributed by atoms with van der Waals surface area (Å²) >= 11 is 0. The lowest BCUT2D eigenvalue weighted by molar-refractivity contribution is -0.162. The van der Waals surface area contributed by atoms with Gasteiger partial charge in [0, 0.05) is 0 Å². The number of hydrogen-bond donors (Lipinski definition) is 3. The van der Waals surface area contributed by atoms with Crippen molar-refractivity contribution in [3.63, 3.8) is 0 Å². The van der Waals surface area contributed by atoms with Gasteiger partial charge in [-0.15, -0.1) is 0 Å². The molecule has 6 N–H and O–H groups in total. The second kappa shape index (κ2) is 8.62. The zero-order chi connectivity index (χ0) is 15.9. The van der Waals surface area contributed by atoms with E-state index in [4.69, 9.17) is 21.9 Å². The highest BCUT2D eigenvalue weighted by Crippen LogP contribution is 2.04. The summed E-state index contributed by atoms with van der Waals surface area (Å²) in [6, 6.07) is -2.97. The van der Waals surface area contributed by atoms with Crippen molar-refractivity contribution in [3.05, 3.63) is 0 Å². The van der Waals surface area contributed by atoms with Gasteiger partial charge in [-0.1, -0.05) is 13.8 Å². The summed E-state index contributed by atoms with van der Waals surface area (Å²) < 4.78 is 9.18. The maximum Gasteiger partial charge on any atom is 0.334 e. The van der Waals surface area contributed by atoms with Crippen molar-refractivity contribution < 1.29 is 23.9 Å². The van der Waals surface area contributed by atoms with Gasteiger partial charge >= 0.3 is 17.9 Å². The first kappa shape index (κ1) is 18.5. The average molecular weight is 289 g/mol. The molecule has 0 radical (unpaired) electrons. The van der Waals surface area contributed by atoms with Crippen LogP contribution in [0.25, 0.3) is 0 Å². The topological polar surface area (TPSA) is 148 Å². The van der Waals surface area contributed by atoms with Gasteiger partial charge in [0.1, 0.15) is 24.7 Å². The molecule has 0 heterocycles. The molecule has 116 valence electrons. The Hall–Kier alpha value is -1.51. The second-order valence-corrected chi connectivity index (χ2v) is 5.00. The number of carbonyl (C=O) groups is 3. The van der Waals surface area contributed by atoms with E-state index in [-0.39, 0.29) is 5.92 Å². The minimum atomic E-state index is -1.26. The van der Waals surface area contributed by atoms with Gasteiger partial charge in [-0.3, -0.25) is 4.79 Å². The maximum atomic E-state index is 11.5. The Balaban J connectivity index is 4.15. The van der Waals surface area contributed by atoms with Crippen LogP contribution >= 0.6 is 0 Å². The molecule has 0 unspecified atom stereocenters. The van der Waals surface area contributed by atoms with E-state index in [1.54, 1.807) is 0 Å². The summed E-state index contributed by atoms with van der Waals surface area (Å²) in [5.41, 5.74) is 16.3. The Bertz CT molecular complexity index is 357. The highest BCUT2D eigenvalue weighted by atomic mass is 16.6. The third kappa shape index (κ3) is 7.17. The van der Waals surface area contributed by atoms with E-state index in [9.17, 15) is 14.4 Å². The molecule has 8 heteroatoms. The molecule has 0 aromatic rings. The highest BCUT2D eigenvalue weighted by Gasteiger charge is 2.24. The highest BCUT2D eigenvalue weighted by molar-refractivity contribution is 5.90. The molecule has 0 saturated heterocycles. The molecular weight excluding hydrogens is 266 g/mol. The third-order valence-electron chi connectivity index (χ3n) is 2.31. The van der Waals surface area contributed by atoms with Crippen molar-refractivity contribution in [3.8, 4) is 0 Å². The molecule has 0 saturated carbocycles. The first-order chi connectivity index (χ1) is 9.15. The van der Waals surface area contributed by atoms with Crippen molar-refractivity contribution in [1.29, 1.82) is 0 Å². The zero-order valence-corrected chi connectivity index (χ0v) is 12.0. The predicted molar refractivity (Wildman–Crippen MR) is 71.1 cm³/mol. The molecule has 0 aliphatic heterocycles. The van der Waals surface area contributed by atoms with Gasteiger partial charge in [0.05, 0.1) is 0 Å². The van der Waals surface area contributed by atoms with Crippen LogP contribution in [0.5, 0.6) is 0 Å². The first-order valence-electron chi connectivity index (χ1n) is 6.34. The Morgan fingerprint density at radius 1 is 0.900 bits per heavy atom. The monoisotopic (exact) mass is 289 g/mol. The number of nitrogens with two attached hydrogens (primary N) is 3. The van der Waals surface area contributed by atoms with Crippen molar-refractivity contribution in [2.24, 2.45) is 23.1 Å². The van der Waals surface area contributed by atoms with Crippen LogP contribution in [0, 0.1) is 5.92 Å². The van der Waals surface area contributed by atoms with Gasteiger partial charge in [0.2, 0.25) is 0 Å². The largest absolute Gasteiger partial charge is 0.462 e. The normalized spacial score (nSPS) is 15.3. The molecule has 3 atom stereocenters. The number of ether oxygens (including phenoxy) is 2. The van der Waals surface area contributed by atoms with Crippen LogP contribution in [-0.4, -0.2) is 42.6 Å². The second-order valence-electron chi connectivity index (χ2n) is 5.00. The smallest absolute Gasteiger partial charge is 0.334 e. The van der Waals surface area contributed by atoms with Crippen LogP contribution < -0.4 is 17.2 Å². The standard InChI is InChI=1S/C12H23N3O5/c1-6(2)4-8(14)11(17)19-5-9(15)12(18)20-10(16)7(3)13/h6-9H,4-5,13-15H2,1-3H3/t7-,8-,9-/m0/s1. The first-order valence-corrected chi connectivity index (χ1v) is 6.34. The van der Waals surface area contributed by atoms with Gasteiger partial charge < -0.3 is 26.7 Å². The van der Waals surface area contributed by atoms with Crippen LogP contribution in [0.2, 0.25) is 0 Å². The molecule has 0 aromatic carbocycles. The maximum absolute atomic E-state index is 11.5. The average Bonchev–Trinajstić information content (AvgIpc) is 2.33. The van der Waals surface area contributed by atoms with Crippen molar-refractivity contribution in [2.75, 3.05) is 6.61 Å². The molecule has 0 fully saturated rings. The lowest BCUT2D eigenvalue weighted by Gasteiger charge is -2.15. The SMILES string of the molecule is CC(C)C[C@H](N)C(=O)OC[C@H](N)C(=O)OC(=O)[C@H](C)N. The van der Waals surface area contributed by atoms with Gasteiger partial charge in [-0.05, 0) is 19.3 Å². The Morgan fingerprint density at radius 2 is 1.45 bits per heavy atom. The Labute approximate surface area is 117 Å². The molecule has 0 bridgehead atoms. The van der Waals surface area contributed by atoms with Crippen molar-refractivity contribution in [1.82, 2.24) is 0 Å². The van der Waals surface area contributed by atoms with Crippen LogP contribution in [0.3, 0.4) is 0 Å². The minimum absolute atomic E-state index is 0.236. The van der Waals surface area contributed by atoms with E-state index >= 15 is 0 Å². The number of carbonyl (C=O) groups excluding carboxylic acids is 3. The summed E-state index contributed by atoms with van der Waals surface area (Å²) in [7, 11) is 0. The van der Waals surface area contributed by atoms with Crippen LogP contribution in [-0.2, 0) is 23.9 Å². The summed E-state index contributed by atoms with van der Waals surface area (Å²) in [5, 5.41) is 0. The van der Waals surface area contributed by atoms with E-state index in [0.717, 1.165) is 0 Å². The predicted octanol–water partition coefficient (Wildman–Crippen LogP) is -1.35. The molecule has 0 aliphatic rings. The Kier molecular flexibility index (Phi) is 7.97. The number of esters is 3. The molecule has 20 heavy (non-hydrogen) atoms. The molecule has 0 spiro atoms. The number of rotatable bonds is 7. The van der Waals surface area contributed by atoms with Gasteiger partial charge in [0.15, 0.2) is 0 Å². The van der Waals surface area contributed by atoms with E-state index in [1.165, 1.54) is 6.92 Å². The molecular formula is C12H23N3O5. The Morgan fingerprint density at radius 3 is 1.90 bits per heavy atom. The van der Waals surface area contributed by atoms with Crippen LogP contribution in [0.4, 0.5) is 0 Å². The van der Waals surface area contributed by atoms with Gasteiger partial charge in [-0.25, -0.2) is 9.59 Å². The quantitative estimate of drug-likeness (QED) is 0.385. The lowest BCUT2D eigenvalue weighted by atomic mass is 10.1. The molecule has 0 aromatic heterocycles. The van der Waals surface area contributed by atoms with E-state index in [2.05, 4.69) is 4.74 Å². The summed E-state index contributed by atoms with van der Waals surface area (Å²) in [6.45, 7) is 4.79. The summed E-state index contributed by atoms with van der Waals surface area (Å²) in [5.74, 6) is -2.31. The fourth-order valence-electron chi connectivity index (χ4n) is 1.22. The van der Waals surface area contributed by atoms with Gasteiger partial charge in [0.25, 0.3) is 0 Å². The third-order valence-corrected chi connectivity index (χ3v) is 2.31. The van der Waals surface area contributed by atoms with Crippen LogP contribution in [0.15, 0.2) is 0 Å². The summed E-state index contributed by atoms with van der Waals surface area (Å²) in [4.78, 5) is 33.9. The molecule has 8 nitrogen and oxygen atoms in total. The van der Waals surface area contributed by atoms with Gasteiger partial charge in [-0.2, -0.15) is 0 Å². The summed E-state index contributed by atoms with van der Waals surface area (Å²) in [6.07, 6.45) is 0.460. The number of hydrogen-bond acceptors (Lipinski definition) is 8. The molecule has 0 amide bonds. The fourth-order valence-corrected chi connectivity index (χ4v) is 1.22. The zero-order valence-electron chi connectivity index (χ0n) is 12.0. The minimum Gasteiger partial charge on any atom is -0.462 e. The van der Waals surface area contributed by atoms with E-state index in [0.29, 0.717) is 6.42 Å². The van der Waals surface area contributed by atoms with Crippen molar-refractivity contribution in [2.45, 2.75) is 45.3 Å². The van der Waals surface area contributed by atoms with E-state index < -0.39 is 42.6 Å². The van der Waals surface area contributed by atoms with E-state index in [1.807, 2.05) is 13.8 Å². The lowest BCUT2D eigenvalue weighted by Crippen LogP contribution is -2.43. The molecule has 0 aliphatic carbocycles. The fraction of sp³-hybridized carbons (Fsp3) is 0.750.